The number of likely N-dealkylation sites (tertiary alicyclic amines) is 1. The fourth-order valence-corrected chi connectivity index (χ4v) is 3.74. The van der Waals surface area contributed by atoms with E-state index in [1.54, 1.807) is 0 Å². The van der Waals surface area contributed by atoms with Crippen LogP contribution < -0.4 is 5.73 Å². The van der Waals surface area contributed by atoms with E-state index in [-0.39, 0.29) is 0 Å². The maximum atomic E-state index is 12.3. The molecule has 134 valence electrons. The van der Waals surface area contributed by atoms with Crippen LogP contribution in [0.15, 0.2) is 24.3 Å². The van der Waals surface area contributed by atoms with E-state index in [0.717, 1.165) is 36.6 Å². The Morgan fingerprint density at radius 3 is 2.58 bits per heavy atom. The summed E-state index contributed by atoms with van der Waals surface area (Å²) in [5, 5.41) is 0. The molecular weight excluding hydrogens is 296 g/mol. The van der Waals surface area contributed by atoms with E-state index in [1.165, 1.54) is 51.6 Å². The third kappa shape index (κ3) is 6.37. The highest BCUT2D eigenvalue weighted by Crippen LogP contribution is 2.23. The maximum absolute atomic E-state index is 12.3. The number of carbonyl (C=O) groups excluding carboxylic acids is 1. The van der Waals surface area contributed by atoms with E-state index in [0.29, 0.717) is 12.2 Å². The molecule has 0 amide bonds. The van der Waals surface area contributed by atoms with Crippen LogP contribution in [-0.2, 0) is 0 Å². The van der Waals surface area contributed by atoms with E-state index in [4.69, 9.17) is 5.73 Å². The second-order valence-electron chi connectivity index (χ2n) is 7.26. The fourth-order valence-electron chi connectivity index (χ4n) is 3.74. The third-order valence-electron chi connectivity index (χ3n) is 5.35. The van der Waals surface area contributed by atoms with Gasteiger partial charge in [0.25, 0.3) is 0 Å². The molecule has 1 fully saturated rings. The number of carbonyl (C=O) groups is 1. The number of ketones is 1. The topological polar surface area (TPSA) is 46.3 Å². The first-order valence-electron chi connectivity index (χ1n) is 9.72. The van der Waals surface area contributed by atoms with Gasteiger partial charge in [-0.25, -0.2) is 0 Å². The Kier molecular flexibility index (Phi) is 8.48. The average Bonchev–Trinajstić information content (AvgIpc) is 2.60. The van der Waals surface area contributed by atoms with Crippen molar-refractivity contribution in [1.29, 1.82) is 0 Å². The number of unbranched alkanes of at least 4 members (excludes halogenated alkanes) is 2. The first-order valence-corrected chi connectivity index (χ1v) is 9.72. The van der Waals surface area contributed by atoms with E-state index in [1.807, 2.05) is 31.2 Å². The van der Waals surface area contributed by atoms with Crippen molar-refractivity contribution < 1.29 is 4.79 Å². The largest absolute Gasteiger partial charge is 0.330 e. The number of nitrogens with zero attached hydrogens (tertiary/aromatic N) is 1. The summed E-state index contributed by atoms with van der Waals surface area (Å²) in [6.45, 7) is 6.34. The Labute approximate surface area is 147 Å². The zero-order chi connectivity index (χ0) is 17.2. The van der Waals surface area contributed by atoms with Gasteiger partial charge in [-0.2, -0.15) is 0 Å². The molecule has 1 heterocycles. The SMILES string of the molecule is Cc1ccccc1C(=O)CCCN1CCC(CCCCCN)CC1. The number of aryl methyl sites for hydroxylation is 1. The van der Waals surface area contributed by atoms with Crippen LogP contribution in [0.4, 0.5) is 0 Å². The predicted octanol–water partition coefficient (Wildman–Crippen LogP) is 4.19. The van der Waals surface area contributed by atoms with Crippen LogP contribution in [-0.4, -0.2) is 36.9 Å². The highest BCUT2D eigenvalue weighted by atomic mass is 16.1. The van der Waals surface area contributed by atoms with Crippen molar-refractivity contribution in [3.05, 3.63) is 35.4 Å². The summed E-state index contributed by atoms with van der Waals surface area (Å²) < 4.78 is 0. The summed E-state index contributed by atoms with van der Waals surface area (Å²) in [6, 6.07) is 7.92. The number of rotatable bonds is 10. The number of piperidine rings is 1. The van der Waals surface area contributed by atoms with Crippen LogP contribution >= 0.6 is 0 Å². The molecule has 0 aliphatic carbocycles. The van der Waals surface area contributed by atoms with Gasteiger partial charge in [0.2, 0.25) is 0 Å². The van der Waals surface area contributed by atoms with Crippen molar-refractivity contribution >= 4 is 5.78 Å². The van der Waals surface area contributed by atoms with Gasteiger partial charge in [-0.05, 0) is 70.3 Å². The summed E-state index contributed by atoms with van der Waals surface area (Å²) >= 11 is 0. The van der Waals surface area contributed by atoms with E-state index in [2.05, 4.69) is 4.90 Å². The molecule has 0 radical (unpaired) electrons. The first kappa shape index (κ1) is 19.1. The Morgan fingerprint density at radius 1 is 1.12 bits per heavy atom. The Balaban J connectivity index is 1.59. The van der Waals surface area contributed by atoms with Crippen molar-refractivity contribution in [3.8, 4) is 0 Å². The van der Waals surface area contributed by atoms with Gasteiger partial charge in [-0.15, -0.1) is 0 Å². The molecule has 3 heteroatoms. The van der Waals surface area contributed by atoms with E-state index in [9.17, 15) is 4.79 Å². The van der Waals surface area contributed by atoms with Gasteiger partial charge in [0, 0.05) is 12.0 Å². The standard InChI is InChI=1S/C21H34N2O/c1-18-8-4-5-10-20(18)21(24)11-7-15-23-16-12-19(13-17-23)9-3-2-6-14-22/h4-5,8,10,19H,2-3,6-7,9,11-17,22H2,1H3. The molecule has 1 saturated heterocycles. The van der Waals surface area contributed by atoms with Gasteiger partial charge in [0.1, 0.15) is 0 Å². The normalized spacial score (nSPS) is 16.4. The predicted molar refractivity (Wildman–Crippen MR) is 101 cm³/mol. The maximum Gasteiger partial charge on any atom is 0.163 e. The fraction of sp³-hybridized carbons (Fsp3) is 0.667. The summed E-state index contributed by atoms with van der Waals surface area (Å²) in [7, 11) is 0. The van der Waals surface area contributed by atoms with Crippen LogP contribution in [0.2, 0.25) is 0 Å². The zero-order valence-corrected chi connectivity index (χ0v) is 15.3. The monoisotopic (exact) mass is 330 g/mol. The van der Waals surface area contributed by atoms with Crippen LogP contribution in [0.25, 0.3) is 0 Å². The number of Topliss-reactive ketones (excluding diaryl/α,β-unsaturated/α-hetero) is 1. The van der Waals surface area contributed by atoms with Gasteiger partial charge >= 0.3 is 0 Å². The van der Waals surface area contributed by atoms with Crippen LogP contribution in [0.1, 0.15) is 67.3 Å². The lowest BCUT2D eigenvalue weighted by Crippen LogP contribution is -2.34. The van der Waals surface area contributed by atoms with Crippen molar-refractivity contribution in [2.75, 3.05) is 26.2 Å². The van der Waals surface area contributed by atoms with Crippen molar-refractivity contribution in [1.82, 2.24) is 4.90 Å². The molecule has 0 spiro atoms. The quantitative estimate of drug-likeness (QED) is 0.517. The number of hydrogen-bond acceptors (Lipinski definition) is 3. The summed E-state index contributed by atoms with van der Waals surface area (Å²) in [6.07, 6.45) is 9.48. The number of benzene rings is 1. The molecule has 1 aromatic rings. The average molecular weight is 331 g/mol. The molecule has 1 aliphatic heterocycles. The number of nitrogens with two attached hydrogens (primary N) is 1. The minimum absolute atomic E-state index is 0.294. The van der Waals surface area contributed by atoms with Crippen LogP contribution in [0.5, 0.6) is 0 Å². The van der Waals surface area contributed by atoms with Crippen LogP contribution in [0, 0.1) is 12.8 Å². The summed E-state index contributed by atoms with van der Waals surface area (Å²) in [4.78, 5) is 14.8. The Hall–Kier alpha value is -1.19. The van der Waals surface area contributed by atoms with Gasteiger partial charge < -0.3 is 10.6 Å². The minimum Gasteiger partial charge on any atom is -0.330 e. The second kappa shape index (κ2) is 10.6. The van der Waals surface area contributed by atoms with E-state index >= 15 is 0 Å². The highest BCUT2D eigenvalue weighted by molar-refractivity contribution is 5.97. The molecule has 3 nitrogen and oxygen atoms in total. The molecule has 2 N–H and O–H groups in total. The molecule has 0 bridgehead atoms. The van der Waals surface area contributed by atoms with Crippen molar-refractivity contribution in [2.45, 2.75) is 58.3 Å². The lowest BCUT2D eigenvalue weighted by Gasteiger charge is -2.32. The highest BCUT2D eigenvalue weighted by Gasteiger charge is 2.18. The lowest BCUT2D eigenvalue weighted by atomic mass is 9.91. The van der Waals surface area contributed by atoms with E-state index < -0.39 is 0 Å². The summed E-state index contributed by atoms with van der Waals surface area (Å²) in [5.74, 6) is 1.20. The lowest BCUT2D eigenvalue weighted by molar-refractivity contribution is 0.0969. The zero-order valence-electron chi connectivity index (χ0n) is 15.3. The second-order valence-corrected chi connectivity index (χ2v) is 7.26. The molecule has 1 aromatic carbocycles. The molecule has 2 rings (SSSR count). The molecule has 24 heavy (non-hydrogen) atoms. The van der Waals surface area contributed by atoms with Gasteiger partial charge in [-0.3, -0.25) is 4.79 Å². The molecular formula is C21H34N2O. The van der Waals surface area contributed by atoms with Gasteiger partial charge in [-0.1, -0.05) is 43.5 Å². The number of hydrogen-bond donors (Lipinski definition) is 1. The molecule has 0 saturated carbocycles. The molecule has 0 unspecified atom stereocenters. The first-order chi connectivity index (χ1) is 11.7. The minimum atomic E-state index is 0.294. The smallest absolute Gasteiger partial charge is 0.163 e. The molecule has 0 aromatic heterocycles. The van der Waals surface area contributed by atoms with Crippen molar-refractivity contribution in [2.24, 2.45) is 11.7 Å². The molecule has 1 aliphatic rings. The molecule has 0 atom stereocenters. The van der Waals surface area contributed by atoms with Gasteiger partial charge in [0.05, 0.1) is 0 Å². The Morgan fingerprint density at radius 2 is 1.88 bits per heavy atom. The Bertz CT molecular complexity index is 492. The van der Waals surface area contributed by atoms with Gasteiger partial charge in [0.15, 0.2) is 5.78 Å². The van der Waals surface area contributed by atoms with Crippen LogP contribution in [0.3, 0.4) is 0 Å². The summed E-state index contributed by atoms with van der Waals surface area (Å²) in [5.41, 5.74) is 7.54. The third-order valence-corrected chi connectivity index (χ3v) is 5.35. The van der Waals surface area contributed by atoms with Crippen molar-refractivity contribution in [3.63, 3.8) is 0 Å².